The lowest BCUT2D eigenvalue weighted by atomic mass is 10.1. The molecule has 1 amide bonds. The lowest BCUT2D eigenvalue weighted by Gasteiger charge is -2.08. The lowest BCUT2D eigenvalue weighted by Crippen LogP contribution is -2.26. The number of hydrogen-bond donors (Lipinski definition) is 1. The molecule has 5 heteroatoms. The predicted octanol–water partition coefficient (Wildman–Crippen LogP) is 3.99. The summed E-state index contributed by atoms with van der Waals surface area (Å²) < 4.78 is 1.40. The molecule has 0 aliphatic rings. The topological polar surface area (TPSA) is 63.5 Å². The van der Waals surface area contributed by atoms with E-state index in [1.807, 2.05) is 37.3 Å². The van der Waals surface area contributed by atoms with E-state index in [1.54, 1.807) is 12.3 Å². The van der Waals surface area contributed by atoms with Crippen LogP contribution in [0.4, 0.5) is 5.69 Å². The highest BCUT2D eigenvalue weighted by Gasteiger charge is 2.13. The van der Waals surface area contributed by atoms with E-state index in [-0.39, 0.29) is 11.1 Å². The fourth-order valence-corrected chi connectivity index (χ4v) is 2.87. The van der Waals surface area contributed by atoms with Crippen molar-refractivity contribution in [3.8, 4) is 0 Å². The van der Waals surface area contributed by atoms with Gasteiger partial charge < -0.3 is 5.32 Å². The Balaban J connectivity index is 1.77. The van der Waals surface area contributed by atoms with Crippen molar-refractivity contribution in [2.24, 2.45) is 0 Å². The summed E-state index contributed by atoms with van der Waals surface area (Å²) in [5.41, 5.74) is 3.03. The van der Waals surface area contributed by atoms with E-state index in [1.165, 1.54) is 35.4 Å². The number of fused-ring (bicyclic) bond motifs is 1. The Labute approximate surface area is 152 Å². The first kappa shape index (κ1) is 17.9. The fourth-order valence-electron chi connectivity index (χ4n) is 2.87. The van der Waals surface area contributed by atoms with E-state index >= 15 is 0 Å². The van der Waals surface area contributed by atoms with Crippen LogP contribution in [0.25, 0.3) is 5.65 Å². The standard InChI is InChI=1S/C21H23N3O2/c1-3-4-5-6-16-8-10-17(11-9-16)23-20(25)18-13-22-19-12-7-15(2)14-24(19)21(18)26/h7-14H,3-6H2,1-2H3,(H,23,25). The van der Waals surface area contributed by atoms with E-state index in [0.29, 0.717) is 11.3 Å². The van der Waals surface area contributed by atoms with E-state index in [0.717, 1.165) is 12.0 Å². The van der Waals surface area contributed by atoms with Gasteiger partial charge in [-0.15, -0.1) is 0 Å². The number of nitrogens with zero attached hydrogens (tertiary/aromatic N) is 2. The number of amides is 1. The summed E-state index contributed by atoms with van der Waals surface area (Å²) in [5, 5.41) is 2.78. The van der Waals surface area contributed by atoms with Crippen molar-refractivity contribution >= 4 is 17.2 Å². The SMILES string of the molecule is CCCCCc1ccc(NC(=O)c2cnc3ccc(C)cn3c2=O)cc1. The molecule has 3 rings (SSSR count). The van der Waals surface area contributed by atoms with Gasteiger partial charge in [-0.1, -0.05) is 38.0 Å². The second-order valence-corrected chi connectivity index (χ2v) is 6.52. The Hall–Kier alpha value is -2.95. The molecule has 0 unspecified atom stereocenters. The molecule has 1 aromatic carbocycles. The van der Waals surface area contributed by atoms with Crippen molar-refractivity contribution < 1.29 is 4.79 Å². The Morgan fingerprint density at radius 3 is 2.62 bits per heavy atom. The van der Waals surface area contributed by atoms with Crippen LogP contribution in [0.15, 0.2) is 53.6 Å². The van der Waals surface area contributed by atoms with Crippen molar-refractivity contribution in [3.05, 3.63) is 75.8 Å². The second kappa shape index (κ2) is 7.95. The zero-order chi connectivity index (χ0) is 18.5. The van der Waals surface area contributed by atoms with E-state index in [4.69, 9.17) is 0 Å². The number of carbonyl (C=O) groups is 1. The maximum atomic E-state index is 12.6. The molecule has 1 N–H and O–H groups in total. The molecule has 2 heterocycles. The molecule has 0 fully saturated rings. The number of benzene rings is 1. The Morgan fingerprint density at radius 1 is 1.12 bits per heavy atom. The zero-order valence-electron chi connectivity index (χ0n) is 15.2. The minimum atomic E-state index is -0.447. The number of pyridine rings is 1. The first-order chi connectivity index (χ1) is 12.6. The normalized spacial score (nSPS) is 10.8. The molecule has 2 aromatic heterocycles. The highest BCUT2D eigenvalue weighted by Crippen LogP contribution is 2.13. The average Bonchev–Trinajstić information content (AvgIpc) is 2.64. The summed E-state index contributed by atoms with van der Waals surface area (Å²) in [5.74, 6) is -0.447. The molecule has 3 aromatic rings. The van der Waals surface area contributed by atoms with Crippen LogP contribution in [0.1, 0.15) is 47.7 Å². The van der Waals surface area contributed by atoms with Crippen LogP contribution < -0.4 is 10.9 Å². The number of anilines is 1. The van der Waals surface area contributed by atoms with Crippen LogP contribution >= 0.6 is 0 Å². The van der Waals surface area contributed by atoms with Gasteiger partial charge in [-0.25, -0.2) is 4.98 Å². The molecule has 0 radical (unpaired) electrons. The van der Waals surface area contributed by atoms with Gasteiger partial charge in [0.2, 0.25) is 0 Å². The zero-order valence-corrected chi connectivity index (χ0v) is 15.2. The molecule has 0 saturated heterocycles. The number of nitrogens with one attached hydrogen (secondary N) is 1. The maximum absolute atomic E-state index is 12.6. The van der Waals surface area contributed by atoms with E-state index in [9.17, 15) is 9.59 Å². The van der Waals surface area contributed by atoms with Crippen LogP contribution in [-0.4, -0.2) is 15.3 Å². The third-order valence-electron chi connectivity index (χ3n) is 4.38. The van der Waals surface area contributed by atoms with Crippen LogP contribution in [0.3, 0.4) is 0 Å². The van der Waals surface area contributed by atoms with Gasteiger partial charge in [-0.3, -0.25) is 14.0 Å². The van der Waals surface area contributed by atoms with Gasteiger partial charge in [0.05, 0.1) is 0 Å². The quantitative estimate of drug-likeness (QED) is 0.685. The van der Waals surface area contributed by atoms with Crippen molar-refractivity contribution in [1.29, 1.82) is 0 Å². The highest BCUT2D eigenvalue weighted by molar-refractivity contribution is 6.03. The summed E-state index contributed by atoms with van der Waals surface area (Å²) in [6.45, 7) is 4.07. The van der Waals surface area contributed by atoms with E-state index < -0.39 is 5.91 Å². The highest BCUT2D eigenvalue weighted by atomic mass is 16.2. The number of aromatic nitrogens is 2. The van der Waals surface area contributed by atoms with Gasteiger partial charge in [0.25, 0.3) is 11.5 Å². The van der Waals surface area contributed by atoms with Crippen molar-refractivity contribution in [1.82, 2.24) is 9.38 Å². The molecule has 0 spiro atoms. The first-order valence-corrected chi connectivity index (χ1v) is 8.97. The molecule has 0 aliphatic carbocycles. The monoisotopic (exact) mass is 349 g/mol. The summed E-state index contributed by atoms with van der Waals surface area (Å²) in [4.78, 5) is 29.3. The van der Waals surface area contributed by atoms with Crippen LogP contribution in [-0.2, 0) is 6.42 Å². The van der Waals surface area contributed by atoms with Crippen LogP contribution in [0.5, 0.6) is 0 Å². The van der Waals surface area contributed by atoms with Gasteiger partial charge >= 0.3 is 0 Å². The number of aryl methyl sites for hydroxylation is 2. The molecule has 0 atom stereocenters. The molecule has 0 bridgehead atoms. The summed E-state index contributed by atoms with van der Waals surface area (Å²) in [7, 11) is 0. The van der Waals surface area contributed by atoms with Crippen LogP contribution in [0.2, 0.25) is 0 Å². The van der Waals surface area contributed by atoms with Crippen molar-refractivity contribution in [2.45, 2.75) is 39.5 Å². The largest absolute Gasteiger partial charge is 0.322 e. The molecule has 0 saturated carbocycles. The third kappa shape index (κ3) is 3.99. The lowest BCUT2D eigenvalue weighted by molar-refractivity contribution is 0.102. The van der Waals surface area contributed by atoms with Crippen molar-refractivity contribution in [3.63, 3.8) is 0 Å². The number of hydrogen-bond acceptors (Lipinski definition) is 3. The minimum absolute atomic E-state index is 0.0279. The molecule has 0 aliphatic heterocycles. The van der Waals surface area contributed by atoms with Gasteiger partial charge in [0.15, 0.2) is 0 Å². The molecular weight excluding hydrogens is 326 g/mol. The second-order valence-electron chi connectivity index (χ2n) is 6.52. The summed E-state index contributed by atoms with van der Waals surface area (Å²) in [6.07, 6.45) is 7.65. The van der Waals surface area contributed by atoms with Crippen LogP contribution in [0, 0.1) is 6.92 Å². The third-order valence-corrected chi connectivity index (χ3v) is 4.38. The fraction of sp³-hybridized carbons (Fsp3) is 0.286. The number of carbonyl (C=O) groups excluding carboxylic acids is 1. The number of rotatable bonds is 6. The van der Waals surface area contributed by atoms with Gasteiger partial charge in [-0.2, -0.15) is 0 Å². The summed E-state index contributed by atoms with van der Waals surface area (Å²) in [6, 6.07) is 11.4. The molecular formula is C21H23N3O2. The Bertz CT molecular complexity index is 975. The van der Waals surface area contributed by atoms with Gasteiger partial charge in [-0.05, 0) is 49.1 Å². The smallest absolute Gasteiger partial charge is 0.270 e. The predicted molar refractivity (Wildman–Crippen MR) is 104 cm³/mol. The first-order valence-electron chi connectivity index (χ1n) is 8.97. The summed E-state index contributed by atoms with van der Waals surface area (Å²) >= 11 is 0. The van der Waals surface area contributed by atoms with E-state index in [2.05, 4.69) is 17.2 Å². The molecule has 5 nitrogen and oxygen atoms in total. The minimum Gasteiger partial charge on any atom is -0.322 e. The van der Waals surface area contributed by atoms with Gasteiger partial charge in [0.1, 0.15) is 11.2 Å². The van der Waals surface area contributed by atoms with Gasteiger partial charge in [0, 0.05) is 18.1 Å². The molecule has 134 valence electrons. The molecule has 26 heavy (non-hydrogen) atoms. The Morgan fingerprint density at radius 2 is 1.88 bits per heavy atom. The number of unbranched alkanes of at least 4 members (excludes halogenated alkanes) is 2. The maximum Gasteiger partial charge on any atom is 0.270 e. The van der Waals surface area contributed by atoms with Crippen molar-refractivity contribution in [2.75, 3.05) is 5.32 Å². The average molecular weight is 349 g/mol. The Kier molecular flexibility index (Phi) is 5.46.